The minimum Gasteiger partial charge on any atom is -0.457 e. The van der Waals surface area contributed by atoms with Gasteiger partial charge < -0.3 is 4.42 Å². The second-order valence-corrected chi connectivity index (χ2v) is 2.71. The van der Waals surface area contributed by atoms with E-state index in [9.17, 15) is 4.39 Å². The van der Waals surface area contributed by atoms with Crippen molar-refractivity contribution >= 4 is 11.0 Å². The molecule has 0 radical (unpaired) electrons. The van der Waals surface area contributed by atoms with E-state index < -0.39 is 0 Å². The quantitative estimate of drug-likeness (QED) is 0.668. The summed E-state index contributed by atoms with van der Waals surface area (Å²) >= 11 is 0. The highest BCUT2D eigenvalue weighted by Gasteiger charge is 2.06. The highest BCUT2D eigenvalue weighted by molar-refractivity contribution is 5.78. The van der Waals surface area contributed by atoms with Gasteiger partial charge in [0.15, 0.2) is 11.4 Å². The second-order valence-electron chi connectivity index (χ2n) is 2.71. The molecule has 1 aromatic heterocycles. The molecule has 0 N–H and O–H groups in total. The minimum atomic E-state index is -0.387. The lowest BCUT2D eigenvalue weighted by atomic mass is 10.2. The van der Waals surface area contributed by atoms with Crippen LogP contribution in [0.5, 0.6) is 0 Å². The van der Waals surface area contributed by atoms with Gasteiger partial charge in [0.05, 0.1) is 12.5 Å². The molecule has 2 rings (SSSR count). The molecule has 0 atom stereocenters. The molecule has 0 unspecified atom stereocenters. The maximum absolute atomic E-state index is 13.1. The third kappa shape index (κ3) is 1.27. The maximum atomic E-state index is 13.1. The summed E-state index contributed by atoms with van der Waals surface area (Å²) in [4.78, 5) is 0. The summed E-state index contributed by atoms with van der Waals surface area (Å²) in [5, 5.41) is 9.11. The summed E-state index contributed by atoms with van der Waals surface area (Å²) in [5.41, 5.74) is 0.229. The van der Waals surface area contributed by atoms with Crippen molar-refractivity contribution in [3.8, 4) is 6.07 Å². The average Bonchev–Trinajstić information content (AvgIpc) is 2.49. The van der Waals surface area contributed by atoms with E-state index in [1.807, 2.05) is 6.07 Å². The third-order valence-corrected chi connectivity index (χ3v) is 1.80. The molecule has 0 amide bonds. The van der Waals surface area contributed by atoms with E-state index in [0.29, 0.717) is 11.1 Å². The summed E-state index contributed by atoms with van der Waals surface area (Å²) in [6.45, 7) is 0. The van der Waals surface area contributed by atoms with Gasteiger partial charge in [-0.25, -0.2) is 4.39 Å². The van der Waals surface area contributed by atoms with E-state index in [4.69, 9.17) is 9.68 Å². The van der Waals surface area contributed by atoms with Crippen LogP contribution in [0, 0.1) is 17.1 Å². The number of nitriles is 1. The van der Waals surface area contributed by atoms with Crippen LogP contribution in [0.25, 0.3) is 11.0 Å². The first-order valence-electron chi connectivity index (χ1n) is 3.85. The van der Waals surface area contributed by atoms with Gasteiger partial charge in [-0.2, -0.15) is 5.26 Å². The Hall–Kier alpha value is -1.82. The van der Waals surface area contributed by atoms with Crippen LogP contribution in [-0.4, -0.2) is 0 Å². The van der Waals surface area contributed by atoms with Crippen LogP contribution in [0.3, 0.4) is 0 Å². The molecule has 1 heterocycles. The fourth-order valence-electron chi connectivity index (χ4n) is 1.25. The standard InChI is InChI=1S/C10H6FNO/c11-9-3-1-2-7-6-8(4-5-12)13-10(7)9/h1-3,6H,4H2. The molecule has 0 fully saturated rings. The monoisotopic (exact) mass is 175 g/mol. The van der Waals surface area contributed by atoms with Crippen molar-refractivity contribution in [1.82, 2.24) is 0 Å². The Balaban J connectivity index is 2.63. The smallest absolute Gasteiger partial charge is 0.169 e. The van der Waals surface area contributed by atoms with Gasteiger partial charge in [-0.15, -0.1) is 0 Å². The number of rotatable bonds is 1. The molecular formula is C10H6FNO. The van der Waals surface area contributed by atoms with Gasteiger partial charge in [0.2, 0.25) is 0 Å². The summed E-state index contributed by atoms with van der Waals surface area (Å²) in [5.74, 6) is 0.115. The molecular weight excluding hydrogens is 169 g/mol. The molecule has 0 spiro atoms. The molecule has 0 bridgehead atoms. The molecule has 0 saturated carbocycles. The average molecular weight is 175 g/mol. The Morgan fingerprint density at radius 1 is 1.46 bits per heavy atom. The highest BCUT2D eigenvalue weighted by atomic mass is 19.1. The number of hydrogen-bond acceptors (Lipinski definition) is 2. The van der Waals surface area contributed by atoms with Gasteiger partial charge in [0.25, 0.3) is 0 Å². The summed E-state index contributed by atoms with van der Waals surface area (Å²) in [6, 6.07) is 8.33. The molecule has 3 heteroatoms. The van der Waals surface area contributed by atoms with Crippen molar-refractivity contribution in [3.63, 3.8) is 0 Å². The zero-order valence-corrected chi connectivity index (χ0v) is 6.75. The second kappa shape index (κ2) is 2.91. The number of fused-ring (bicyclic) bond motifs is 1. The molecule has 13 heavy (non-hydrogen) atoms. The van der Waals surface area contributed by atoms with E-state index >= 15 is 0 Å². The zero-order valence-electron chi connectivity index (χ0n) is 6.75. The first kappa shape index (κ1) is 7.81. The SMILES string of the molecule is N#CCc1cc2cccc(F)c2o1. The molecule has 64 valence electrons. The lowest BCUT2D eigenvalue weighted by Gasteiger charge is -1.87. The van der Waals surface area contributed by atoms with Crippen LogP contribution in [0.15, 0.2) is 28.7 Å². The van der Waals surface area contributed by atoms with Gasteiger partial charge in [0, 0.05) is 5.39 Å². The Morgan fingerprint density at radius 2 is 2.31 bits per heavy atom. The number of nitrogens with zero attached hydrogens (tertiary/aromatic N) is 1. The van der Waals surface area contributed by atoms with Gasteiger partial charge >= 0.3 is 0 Å². The molecule has 2 nitrogen and oxygen atoms in total. The predicted octanol–water partition coefficient (Wildman–Crippen LogP) is 2.64. The first-order chi connectivity index (χ1) is 6.31. The van der Waals surface area contributed by atoms with Crippen LogP contribution in [0.4, 0.5) is 4.39 Å². The van der Waals surface area contributed by atoms with Crippen LogP contribution in [-0.2, 0) is 6.42 Å². The fourth-order valence-corrected chi connectivity index (χ4v) is 1.25. The van der Waals surface area contributed by atoms with E-state index in [-0.39, 0.29) is 17.8 Å². The van der Waals surface area contributed by atoms with Gasteiger partial charge in [-0.3, -0.25) is 0 Å². The lowest BCUT2D eigenvalue weighted by Crippen LogP contribution is -1.72. The summed E-state index contributed by atoms with van der Waals surface area (Å²) in [6.07, 6.45) is 0.175. The van der Waals surface area contributed by atoms with Crippen LogP contribution >= 0.6 is 0 Å². The Kier molecular flexibility index (Phi) is 1.75. The summed E-state index contributed by atoms with van der Waals surface area (Å²) in [7, 11) is 0. The largest absolute Gasteiger partial charge is 0.457 e. The van der Waals surface area contributed by atoms with E-state index in [1.54, 1.807) is 18.2 Å². The van der Waals surface area contributed by atoms with Crippen molar-refractivity contribution < 1.29 is 8.81 Å². The van der Waals surface area contributed by atoms with Crippen molar-refractivity contribution in [1.29, 1.82) is 5.26 Å². The van der Waals surface area contributed by atoms with Crippen molar-refractivity contribution in [2.45, 2.75) is 6.42 Å². The fraction of sp³-hybridized carbons (Fsp3) is 0.100. The molecule has 0 saturated heterocycles. The van der Waals surface area contributed by atoms with Gasteiger partial charge in [-0.05, 0) is 12.1 Å². The molecule has 0 aliphatic rings. The lowest BCUT2D eigenvalue weighted by molar-refractivity contribution is 0.531. The predicted molar refractivity (Wildman–Crippen MR) is 45.5 cm³/mol. The highest BCUT2D eigenvalue weighted by Crippen LogP contribution is 2.21. The summed E-state index contributed by atoms with van der Waals surface area (Å²) < 4.78 is 18.2. The minimum absolute atomic E-state index is 0.175. The van der Waals surface area contributed by atoms with Crippen LogP contribution in [0.2, 0.25) is 0 Å². The van der Waals surface area contributed by atoms with Crippen LogP contribution in [0.1, 0.15) is 5.76 Å². The molecule has 0 aliphatic heterocycles. The normalized spacial score (nSPS) is 10.2. The van der Waals surface area contributed by atoms with E-state index in [2.05, 4.69) is 0 Å². The molecule has 0 aliphatic carbocycles. The van der Waals surface area contributed by atoms with Gasteiger partial charge in [-0.1, -0.05) is 12.1 Å². The topological polar surface area (TPSA) is 36.9 Å². The number of hydrogen-bond donors (Lipinski definition) is 0. The third-order valence-electron chi connectivity index (χ3n) is 1.80. The Labute approximate surface area is 74.2 Å². The van der Waals surface area contributed by atoms with Crippen LogP contribution < -0.4 is 0 Å². The van der Waals surface area contributed by atoms with Gasteiger partial charge in [0.1, 0.15) is 5.76 Å². The number of halogens is 1. The molecule has 2 aromatic rings. The first-order valence-corrected chi connectivity index (χ1v) is 3.85. The Morgan fingerprint density at radius 3 is 3.00 bits per heavy atom. The maximum Gasteiger partial charge on any atom is 0.169 e. The number of furan rings is 1. The Bertz CT molecular complexity index is 481. The van der Waals surface area contributed by atoms with E-state index in [0.717, 1.165) is 0 Å². The van der Waals surface area contributed by atoms with Crippen molar-refractivity contribution in [2.24, 2.45) is 0 Å². The number of benzene rings is 1. The van der Waals surface area contributed by atoms with Crippen molar-refractivity contribution in [3.05, 3.63) is 35.8 Å². The zero-order chi connectivity index (χ0) is 9.26. The van der Waals surface area contributed by atoms with Crippen molar-refractivity contribution in [2.75, 3.05) is 0 Å². The molecule has 1 aromatic carbocycles. The number of para-hydroxylation sites is 1. The van der Waals surface area contributed by atoms with E-state index in [1.165, 1.54) is 6.07 Å².